The first-order valence-corrected chi connectivity index (χ1v) is 12.6. The first kappa shape index (κ1) is 25.2. The van der Waals surface area contributed by atoms with Crippen LogP contribution >= 0.6 is 11.8 Å². The van der Waals surface area contributed by atoms with Crippen molar-refractivity contribution in [2.24, 2.45) is 5.92 Å². The Morgan fingerprint density at radius 3 is 2.39 bits per heavy atom. The number of amides is 1. The Hall–Kier alpha value is -3.91. The average molecular weight is 502 g/mol. The van der Waals surface area contributed by atoms with Crippen LogP contribution in [0.1, 0.15) is 34.6 Å². The quantitative estimate of drug-likeness (QED) is 0.202. The van der Waals surface area contributed by atoms with Crippen molar-refractivity contribution in [3.63, 3.8) is 0 Å². The summed E-state index contributed by atoms with van der Waals surface area (Å²) in [5.74, 6) is 0.783. The highest BCUT2D eigenvalue weighted by Crippen LogP contribution is 2.24. The van der Waals surface area contributed by atoms with E-state index < -0.39 is 0 Å². The van der Waals surface area contributed by atoms with Crippen molar-refractivity contribution in [1.29, 1.82) is 0 Å². The van der Waals surface area contributed by atoms with Crippen molar-refractivity contribution in [3.8, 4) is 11.4 Å². The van der Waals surface area contributed by atoms with E-state index in [-0.39, 0.29) is 23.0 Å². The Balaban J connectivity index is 1.76. The molecule has 0 saturated carbocycles. The summed E-state index contributed by atoms with van der Waals surface area (Å²) < 4.78 is 6.73. The molecule has 4 aromatic rings. The molecule has 1 heterocycles. The number of methoxy groups -OCH3 is 1. The van der Waals surface area contributed by atoms with Gasteiger partial charge < -0.3 is 10.1 Å². The molecular formula is C28H27N3O4S. The number of thioether (sulfide) groups is 1. The molecule has 3 aromatic carbocycles. The monoisotopic (exact) mass is 501 g/mol. The molecule has 1 N–H and O–H groups in total. The number of ketones is 1. The van der Waals surface area contributed by atoms with Crippen LogP contribution in [0.2, 0.25) is 0 Å². The topological polar surface area (TPSA) is 90.3 Å². The van der Waals surface area contributed by atoms with Crippen molar-refractivity contribution in [3.05, 3.63) is 94.3 Å². The largest absolute Gasteiger partial charge is 0.497 e. The van der Waals surface area contributed by atoms with Crippen molar-refractivity contribution in [2.75, 3.05) is 19.4 Å². The van der Waals surface area contributed by atoms with Crippen LogP contribution in [0.15, 0.2) is 82.7 Å². The van der Waals surface area contributed by atoms with Crippen molar-refractivity contribution < 1.29 is 14.3 Å². The minimum absolute atomic E-state index is 0.0713. The normalized spacial score (nSPS) is 11.0. The molecule has 0 atom stereocenters. The molecule has 0 unspecified atom stereocenters. The van der Waals surface area contributed by atoms with Gasteiger partial charge in [0.05, 0.1) is 29.5 Å². The van der Waals surface area contributed by atoms with Crippen molar-refractivity contribution >= 4 is 34.4 Å². The van der Waals surface area contributed by atoms with E-state index in [9.17, 15) is 14.4 Å². The van der Waals surface area contributed by atoms with Crippen LogP contribution in [0.5, 0.6) is 5.75 Å². The summed E-state index contributed by atoms with van der Waals surface area (Å²) in [4.78, 5) is 43.7. The number of ether oxygens (including phenoxy) is 1. The number of benzene rings is 3. The van der Waals surface area contributed by atoms with Gasteiger partial charge in [-0.15, -0.1) is 0 Å². The smallest absolute Gasteiger partial charge is 0.266 e. The lowest BCUT2D eigenvalue weighted by Crippen LogP contribution is -2.27. The number of carbonyl (C=O) groups is 2. The maximum Gasteiger partial charge on any atom is 0.266 e. The third-order valence-corrected chi connectivity index (χ3v) is 6.47. The second kappa shape index (κ2) is 11.2. The first-order chi connectivity index (χ1) is 17.4. The maximum atomic E-state index is 13.6. The number of fused-ring (bicyclic) bond motifs is 1. The molecule has 0 spiro atoms. The van der Waals surface area contributed by atoms with Gasteiger partial charge in [-0.3, -0.25) is 19.0 Å². The summed E-state index contributed by atoms with van der Waals surface area (Å²) in [5, 5.41) is 3.63. The van der Waals surface area contributed by atoms with E-state index in [0.29, 0.717) is 51.1 Å². The molecule has 184 valence electrons. The van der Waals surface area contributed by atoms with Crippen molar-refractivity contribution in [1.82, 2.24) is 14.9 Å². The number of hydrogen-bond donors (Lipinski definition) is 1. The van der Waals surface area contributed by atoms with E-state index in [1.54, 1.807) is 61.7 Å². The second-order valence-electron chi connectivity index (χ2n) is 8.65. The fraction of sp³-hybridized carbons (Fsp3) is 0.214. The Morgan fingerprint density at radius 1 is 1.00 bits per heavy atom. The Morgan fingerprint density at radius 2 is 1.72 bits per heavy atom. The van der Waals surface area contributed by atoms with Gasteiger partial charge in [-0.1, -0.05) is 55.9 Å². The Bertz CT molecular complexity index is 1450. The lowest BCUT2D eigenvalue weighted by Gasteiger charge is -2.14. The molecule has 0 bridgehead atoms. The van der Waals surface area contributed by atoms with Crippen LogP contribution in [0.25, 0.3) is 16.6 Å². The predicted molar refractivity (Wildman–Crippen MR) is 143 cm³/mol. The summed E-state index contributed by atoms with van der Waals surface area (Å²) in [6, 6.07) is 20.9. The van der Waals surface area contributed by atoms with Gasteiger partial charge in [-0.2, -0.15) is 0 Å². The van der Waals surface area contributed by atoms with Crippen LogP contribution < -0.4 is 15.6 Å². The van der Waals surface area contributed by atoms with Gasteiger partial charge in [0.2, 0.25) is 0 Å². The molecule has 36 heavy (non-hydrogen) atoms. The number of hydrogen-bond acceptors (Lipinski definition) is 6. The van der Waals surface area contributed by atoms with Crippen LogP contribution in [0.4, 0.5) is 0 Å². The number of aromatic nitrogens is 2. The third-order valence-electron chi connectivity index (χ3n) is 5.53. The van der Waals surface area contributed by atoms with Gasteiger partial charge in [0.25, 0.3) is 11.5 Å². The molecule has 0 aliphatic heterocycles. The summed E-state index contributed by atoms with van der Waals surface area (Å²) in [5.41, 5.74) is 1.73. The maximum absolute atomic E-state index is 13.6. The van der Waals surface area contributed by atoms with Gasteiger partial charge in [0.1, 0.15) is 5.75 Å². The van der Waals surface area contributed by atoms with Gasteiger partial charge in [-0.25, -0.2) is 4.98 Å². The van der Waals surface area contributed by atoms with Gasteiger partial charge in [0.15, 0.2) is 10.9 Å². The lowest BCUT2D eigenvalue weighted by molar-refractivity contribution is 0.0948. The van der Waals surface area contributed by atoms with E-state index in [1.807, 2.05) is 32.0 Å². The number of carbonyl (C=O) groups excluding carboxylic acids is 2. The van der Waals surface area contributed by atoms with Crippen LogP contribution in [-0.2, 0) is 0 Å². The molecule has 0 fully saturated rings. The van der Waals surface area contributed by atoms with Crippen LogP contribution in [0, 0.1) is 5.92 Å². The fourth-order valence-corrected chi connectivity index (χ4v) is 4.51. The zero-order chi connectivity index (χ0) is 25.7. The zero-order valence-electron chi connectivity index (χ0n) is 20.4. The molecule has 1 amide bonds. The Labute approximate surface area is 213 Å². The zero-order valence-corrected chi connectivity index (χ0v) is 21.2. The second-order valence-corrected chi connectivity index (χ2v) is 9.59. The fourth-order valence-electron chi connectivity index (χ4n) is 3.60. The molecule has 1 aromatic heterocycles. The predicted octanol–water partition coefficient (Wildman–Crippen LogP) is 4.76. The lowest BCUT2D eigenvalue weighted by atomic mass is 10.1. The summed E-state index contributed by atoms with van der Waals surface area (Å²) in [7, 11) is 1.57. The molecular weight excluding hydrogens is 474 g/mol. The minimum Gasteiger partial charge on any atom is -0.497 e. The van der Waals surface area contributed by atoms with Crippen molar-refractivity contribution in [2.45, 2.75) is 19.0 Å². The number of nitrogens with zero attached hydrogens (tertiary/aromatic N) is 2. The molecule has 0 radical (unpaired) electrons. The SMILES string of the molecule is COc1ccc(-n2c(SCC(=O)c3ccccc3)nc3cc(C(=O)NCC(C)C)ccc3c2=O)cc1. The third kappa shape index (κ3) is 5.66. The summed E-state index contributed by atoms with van der Waals surface area (Å²) in [6.07, 6.45) is 0. The highest BCUT2D eigenvalue weighted by Gasteiger charge is 2.17. The number of rotatable bonds is 9. The molecule has 0 aliphatic rings. The number of Topliss-reactive ketones (excluding diaryl/α,β-unsaturated/α-hetero) is 1. The standard InChI is InChI=1S/C28H27N3O4S/c1-18(2)16-29-26(33)20-9-14-23-24(15-20)30-28(36-17-25(32)19-7-5-4-6-8-19)31(27(23)34)21-10-12-22(35-3)13-11-21/h4-15,18H,16-17H2,1-3H3,(H,29,33). The van der Waals surface area contributed by atoms with E-state index in [4.69, 9.17) is 9.72 Å². The summed E-state index contributed by atoms with van der Waals surface area (Å²) >= 11 is 1.18. The summed E-state index contributed by atoms with van der Waals surface area (Å²) in [6.45, 7) is 4.58. The van der Waals surface area contributed by atoms with E-state index in [2.05, 4.69) is 5.32 Å². The highest BCUT2D eigenvalue weighted by atomic mass is 32.2. The van der Waals surface area contributed by atoms with Gasteiger partial charge >= 0.3 is 0 Å². The minimum atomic E-state index is -0.283. The van der Waals surface area contributed by atoms with E-state index in [0.717, 1.165) is 0 Å². The Kier molecular flexibility index (Phi) is 7.85. The average Bonchev–Trinajstić information content (AvgIpc) is 2.90. The number of nitrogens with one attached hydrogen (secondary N) is 1. The molecule has 4 rings (SSSR count). The van der Waals surface area contributed by atoms with Gasteiger partial charge in [0, 0.05) is 17.7 Å². The van der Waals surface area contributed by atoms with Crippen LogP contribution in [0.3, 0.4) is 0 Å². The van der Waals surface area contributed by atoms with E-state index >= 15 is 0 Å². The molecule has 7 nitrogen and oxygen atoms in total. The van der Waals surface area contributed by atoms with E-state index in [1.165, 1.54) is 16.3 Å². The molecule has 0 aliphatic carbocycles. The highest BCUT2D eigenvalue weighted by molar-refractivity contribution is 7.99. The first-order valence-electron chi connectivity index (χ1n) is 11.6. The molecule has 8 heteroatoms. The van der Waals surface area contributed by atoms with Crippen LogP contribution in [-0.4, -0.2) is 40.6 Å². The molecule has 0 saturated heterocycles. The van der Waals surface area contributed by atoms with Gasteiger partial charge in [-0.05, 0) is 48.4 Å².